The third-order valence-corrected chi connectivity index (χ3v) is 5.28. The van der Waals surface area contributed by atoms with Gasteiger partial charge >= 0.3 is 0 Å². The van der Waals surface area contributed by atoms with Crippen LogP contribution in [-0.2, 0) is 6.42 Å². The molecule has 3 aromatic heterocycles. The number of rotatable bonds is 5. The summed E-state index contributed by atoms with van der Waals surface area (Å²) in [5, 5.41) is 11.1. The summed E-state index contributed by atoms with van der Waals surface area (Å²) >= 11 is 0. The van der Waals surface area contributed by atoms with Gasteiger partial charge in [0.15, 0.2) is 17.3 Å². The molecule has 1 unspecified atom stereocenters. The molecule has 1 aliphatic heterocycles. The Morgan fingerprint density at radius 2 is 2.26 bits per heavy atom. The van der Waals surface area contributed by atoms with Crippen molar-refractivity contribution in [1.29, 1.82) is 0 Å². The maximum absolute atomic E-state index is 12.8. The number of nitrogens with zero attached hydrogens (tertiary/aromatic N) is 4. The zero-order chi connectivity index (χ0) is 18.2. The number of furan rings is 1. The molecule has 1 amide bonds. The minimum Gasteiger partial charge on any atom is -0.463 e. The Labute approximate surface area is 155 Å². The van der Waals surface area contributed by atoms with Crippen LogP contribution in [0.1, 0.15) is 53.8 Å². The van der Waals surface area contributed by atoms with Crippen molar-refractivity contribution in [1.82, 2.24) is 25.2 Å². The van der Waals surface area contributed by atoms with Gasteiger partial charge in [-0.25, -0.2) is 0 Å². The highest BCUT2D eigenvalue weighted by molar-refractivity contribution is 5.93. The van der Waals surface area contributed by atoms with E-state index in [-0.39, 0.29) is 5.91 Å². The van der Waals surface area contributed by atoms with Gasteiger partial charge in [-0.1, -0.05) is 5.16 Å². The normalized spacial score (nSPS) is 20.1. The van der Waals surface area contributed by atoms with Crippen LogP contribution in [0.3, 0.4) is 0 Å². The van der Waals surface area contributed by atoms with Crippen LogP contribution in [0, 0.1) is 5.92 Å². The average Bonchev–Trinajstić information content (AvgIpc) is 3.11. The number of hydrogen-bond donors (Lipinski definition) is 1. The molecule has 2 aliphatic rings. The first-order valence-corrected chi connectivity index (χ1v) is 9.47. The van der Waals surface area contributed by atoms with E-state index in [1.54, 1.807) is 18.4 Å². The van der Waals surface area contributed by atoms with Gasteiger partial charge in [0.05, 0.1) is 6.26 Å². The molecule has 3 aromatic rings. The molecule has 8 nitrogen and oxygen atoms in total. The van der Waals surface area contributed by atoms with E-state index in [9.17, 15) is 4.79 Å². The Kier molecular flexibility index (Phi) is 4.03. The molecule has 27 heavy (non-hydrogen) atoms. The second kappa shape index (κ2) is 6.68. The third kappa shape index (κ3) is 3.39. The van der Waals surface area contributed by atoms with Gasteiger partial charge in [0.2, 0.25) is 5.89 Å². The zero-order valence-electron chi connectivity index (χ0n) is 14.9. The van der Waals surface area contributed by atoms with Gasteiger partial charge in [-0.15, -0.1) is 0 Å². The highest BCUT2D eigenvalue weighted by Gasteiger charge is 2.31. The number of H-pyrrole nitrogens is 1. The fourth-order valence-electron chi connectivity index (χ4n) is 3.67. The monoisotopic (exact) mass is 367 g/mol. The molecular formula is C19H21N5O3. The number of likely N-dealkylation sites (tertiary alicyclic amines) is 1. The van der Waals surface area contributed by atoms with E-state index in [1.165, 1.54) is 0 Å². The van der Waals surface area contributed by atoms with E-state index in [2.05, 4.69) is 20.3 Å². The minimum absolute atomic E-state index is 0.0574. The first-order valence-electron chi connectivity index (χ1n) is 9.47. The van der Waals surface area contributed by atoms with Gasteiger partial charge in [0.25, 0.3) is 5.91 Å². The van der Waals surface area contributed by atoms with Crippen LogP contribution in [0.2, 0.25) is 0 Å². The molecule has 8 heteroatoms. The van der Waals surface area contributed by atoms with E-state index in [4.69, 9.17) is 8.94 Å². The Bertz CT molecular complexity index is 925. The molecule has 1 saturated carbocycles. The van der Waals surface area contributed by atoms with Crippen LogP contribution < -0.4 is 0 Å². The molecule has 1 N–H and O–H groups in total. The molecule has 2 fully saturated rings. The molecular weight excluding hydrogens is 346 g/mol. The smallest absolute Gasteiger partial charge is 0.274 e. The van der Waals surface area contributed by atoms with Crippen LogP contribution in [-0.4, -0.2) is 44.2 Å². The summed E-state index contributed by atoms with van der Waals surface area (Å²) in [7, 11) is 0. The standard InChI is InChI=1S/C19H21N5O3/c25-19(15-10-14(21-22-15)16-4-2-8-26-16)24-7-1-3-12(11-24)9-17-20-18(23-27-17)13-5-6-13/h2,4,8,10,12-13H,1,3,5-7,9,11H2,(H,21,22). The summed E-state index contributed by atoms with van der Waals surface area (Å²) in [4.78, 5) is 19.2. The zero-order valence-corrected chi connectivity index (χ0v) is 14.9. The summed E-state index contributed by atoms with van der Waals surface area (Å²) in [5.74, 6) is 2.97. The van der Waals surface area contributed by atoms with Gasteiger partial charge in [0, 0.05) is 31.5 Å². The van der Waals surface area contributed by atoms with Gasteiger partial charge in [0.1, 0.15) is 5.69 Å². The summed E-state index contributed by atoms with van der Waals surface area (Å²) in [6, 6.07) is 5.38. The Morgan fingerprint density at radius 1 is 1.33 bits per heavy atom. The fraction of sp³-hybridized carbons (Fsp3) is 0.474. The van der Waals surface area contributed by atoms with Crippen LogP contribution in [0.5, 0.6) is 0 Å². The minimum atomic E-state index is -0.0574. The first kappa shape index (κ1) is 16.3. The molecule has 1 aliphatic carbocycles. The topological polar surface area (TPSA) is 101 Å². The second-order valence-corrected chi connectivity index (χ2v) is 7.43. The summed E-state index contributed by atoms with van der Waals surface area (Å²) < 4.78 is 10.7. The number of piperidine rings is 1. The lowest BCUT2D eigenvalue weighted by atomic mass is 9.94. The number of carbonyl (C=O) groups is 1. The first-order chi connectivity index (χ1) is 13.3. The molecule has 5 rings (SSSR count). The van der Waals surface area contributed by atoms with Crippen molar-refractivity contribution >= 4 is 5.91 Å². The molecule has 4 heterocycles. The predicted octanol–water partition coefficient (Wildman–Crippen LogP) is 3.03. The van der Waals surface area contributed by atoms with Crippen molar-refractivity contribution in [3.8, 4) is 11.5 Å². The van der Waals surface area contributed by atoms with E-state index in [0.29, 0.717) is 41.4 Å². The van der Waals surface area contributed by atoms with E-state index < -0.39 is 0 Å². The lowest BCUT2D eigenvalue weighted by Gasteiger charge is -2.31. The number of carbonyl (C=O) groups excluding carboxylic acids is 1. The van der Waals surface area contributed by atoms with Crippen LogP contribution >= 0.6 is 0 Å². The quantitative estimate of drug-likeness (QED) is 0.744. The van der Waals surface area contributed by atoms with Crippen LogP contribution in [0.4, 0.5) is 0 Å². The van der Waals surface area contributed by atoms with Crippen molar-refractivity contribution in [2.45, 2.75) is 38.0 Å². The predicted molar refractivity (Wildman–Crippen MR) is 94.9 cm³/mol. The van der Waals surface area contributed by atoms with Gasteiger partial charge in [-0.3, -0.25) is 9.89 Å². The van der Waals surface area contributed by atoms with Gasteiger partial charge in [-0.2, -0.15) is 10.1 Å². The molecule has 0 radical (unpaired) electrons. The van der Waals surface area contributed by atoms with Crippen molar-refractivity contribution < 1.29 is 13.7 Å². The van der Waals surface area contributed by atoms with Crippen LogP contribution in [0.25, 0.3) is 11.5 Å². The summed E-state index contributed by atoms with van der Waals surface area (Å²) in [6.07, 6.45) is 6.67. The number of hydrogen-bond acceptors (Lipinski definition) is 6. The van der Waals surface area contributed by atoms with Crippen molar-refractivity contribution in [3.63, 3.8) is 0 Å². The van der Waals surface area contributed by atoms with Gasteiger partial charge < -0.3 is 13.8 Å². The highest BCUT2D eigenvalue weighted by Crippen LogP contribution is 2.38. The van der Waals surface area contributed by atoms with Gasteiger partial charge in [-0.05, 0) is 43.7 Å². The third-order valence-electron chi connectivity index (χ3n) is 5.28. The largest absolute Gasteiger partial charge is 0.463 e. The number of nitrogens with one attached hydrogen (secondary N) is 1. The number of amides is 1. The molecule has 1 saturated heterocycles. The average molecular weight is 367 g/mol. The SMILES string of the molecule is O=C(c1cc(-c2ccco2)[nH]n1)N1CCCC(Cc2nc(C3CC3)no2)C1. The Morgan fingerprint density at radius 3 is 3.07 bits per heavy atom. The van der Waals surface area contributed by atoms with Crippen molar-refractivity contribution in [2.75, 3.05) is 13.1 Å². The lowest BCUT2D eigenvalue weighted by Crippen LogP contribution is -2.40. The fourth-order valence-corrected chi connectivity index (χ4v) is 3.67. The summed E-state index contributed by atoms with van der Waals surface area (Å²) in [5.41, 5.74) is 1.12. The van der Waals surface area contributed by atoms with E-state index in [0.717, 1.165) is 44.5 Å². The molecule has 0 bridgehead atoms. The van der Waals surface area contributed by atoms with Crippen molar-refractivity contribution in [2.24, 2.45) is 5.92 Å². The Hall–Kier alpha value is -2.90. The van der Waals surface area contributed by atoms with E-state index in [1.807, 2.05) is 11.0 Å². The lowest BCUT2D eigenvalue weighted by molar-refractivity contribution is 0.0662. The number of aromatic amines is 1. The summed E-state index contributed by atoms with van der Waals surface area (Å²) in [6.45, 7) is 1.43. The highest BCUT2D eigenvalue weighted by atomic mass is 16.5. The molecule has 1 atom stereocenters. The molecule has 0 spiro atoms. The Balaban J connectivity index is 1.24. The maximum Gasteiger partial charge on any atom is 0.274 e. The maximum atomic E-state index is 12.8. The molecule has 140 valence electrons. The van der Waals surface area contributed by atoms with E-state index >= 15 is 0 Å². The second-order valence-electron chi connectivity index (χ2n) is 7.43. The van der Waals surface area contributed by atoms with Crippen molar-refractivity contribution in [3.05, 3.63) is 41.9 Å². The van der Waals surface area contributed by atoms with Crippen LogP contribution in [0.15, 0.2) is 33.4 Å². The number of aromatic nitrogens is 4. The molecule has 0 aromatic carbocycles.